The quantitative estimate of drug-likeness (QED) is 0.177. The van der Waals surface area contributed by atoms with E-state index in [1.165, 1.54) is 0 Å². The Morgan fingerprint density at radius 3 is 2.15 bits per heavy atom. The highest BCUT2D eigenvalue weighted by atomic mass is 16.4. The topological polar surface area (TPSA) is 86.7 Å². The molecule has 41 heavy (non-hydrogen) atoms. The number of aliphatic carboxylic acids is 1. The van der Waals surface area contributed by atoms with Crippen LogP contribution in [0.2, 0.25) is 0 Å². The van der Waals surface area contributed by atoms with Crippen LogP contribution in [0.1, 0.15) is 63.9 Å². The third kappa shape index (κ3) is 7.92. The number of carbonyl (C=O) groups excluding carboxylic acids is 2. The van der Waals surface area contributed by atoms with Crippen LogP contribution in [0.15, 0.2) is 97.1 Å². The number of carboxylic acid groups (broad SMARTS) is 1. The molecule has 0 saturated carbocycles. The number of rotatable bonds is 12. The van der Waals surface area contributed by atoms with E-state index in [9.17, 15) is 14.4 Å². The van der Waals surface area contributed by atoms with Gasteiger partial charge in [-0.3, -0.25) is 14.4 Å². The molecule has 0 atom stereocenters. The van der Waals surface area contributed by atoms with Gasteiger partial charge < -0.3 is 15.3 Å². The van der Waals surface area contributed by atoms with Crippen molar-refractivity contribution in [1.29, 1.82) is 0 Å². The van der Waals surface area contributed by atoms with Crippen LogP contribution >= 0.6 is 0 Å². The van der Waals surface area contributed by atoms with E-state index in [4.69, 9.17) is 5.11 Å². The van der Waals surface area contributed by atoms with Gasteiger partial charge in [-0.1, -0.05) is 79.1 Å². The number of carbonyl (C=O) groups is 3. The van der Waals surface area contributed by atoms with Gasteiger partial charge in [0.2, 0.25) is 0 Å². The lowest BCUT2D eigenvalue weighted by atomic mass is 9.98. The molecule has 4 rings (SSSR count). The van der Waals surface area contributed by atoms with Gasteiger partial charge in [-0.25, -0.2) is 0 Å². The second-order valence-corrected chi connectivity index (χ2v) is 10.2. The summed E-state index contributed by atoms with van der Waals surface area (Å²) in [4.78, 5) is 38.9. The van der Waals surface area contributed by atoms with E-state index in [1.807, 2.05) is 79.7 Å². The Balaban J connectivity index is 1.40. The summed E-state index contributed by atoms with van der Waals surface area (Å²) in [6, 6.07) is 30.4. The van der Waals surface area contributed by atoms with Crippen LogP contribution in [0.4, 0.5) is 11.4 Å². The Hall–Kier alpha value is -4.71. The van der Waals surface area contributed by atoms with E-state index in [0.717, 1.165) is 53.6 Å². The van der Waals surface area contributed by atoms with Gasteiger partial charge in [-0.05, 0) is 79.3 Å². The van der Waals surface area contributed by atoms with Crippen molar-refractivity contribution < 1.29 is 19.5 Å². The van der Waals surface area contributed by atoms with Crippen molar-refractivity contribution in [2.75, 3.05) is 17.3 Å². The van der Waals surface area contributed by atoms with Gasteiger partial charge in [0, 0.05) is 36.0 Å². The van der Waals surface area contributed by atoms with Crippen molar-refractivity contribution in [3.05, 3.63) is 119 Å². The lowest BCUT2D eigenvalue weighted by Gasteiger charge is -2.21. The smallest absolute Gasteiger partial charge is 0.303 e. The summed E-state index contributed by atoms with van der Waals surface area (Å²) in [6.07, 6.45) is 4.46. The van der Waals surface area contributed by atoms with Gasteiger partial charge in [0.15, 0.2) is 0 Å². The number of anilines is 2. The van der Waals surface area contributed by atoms with Crippen molar-refractivity contribution in [3.63, 3.8) is 0 Å². The first-order valence-electron chi connectivity index (χ1n) is 14.0. The molecule has 210 valence electrons. The zero-order valence-corrected chi connectivity index (χ0v) is 23.6. The minimum Gasteiger partial charge on any atom is -0.481 e. The predicted octanol–water partition coefficient (Wildman–Crippen LogP) is 7.77. The van der Waals surface area contributed by atoms with Crippen molar-refractivity contribution in [2.24, 2.45) is 0 Å². The van der Waals surface area contributed by atoms with E-state index < -0.39 is 5.97 Å². The normalized spacial score (nSPS) is 10.7. The summed E-state index contributed by atoms with van der Waals surface area (Å²) in [6.45, 7) is 2.03. The SMILES string of the molecule is Cc1ccc(-c2ccccc2C(=O)Nc2ccc(C(=O)N(C)c3ccccc3CCCCCCC(=O)O)cc2)cc1. The minimum absolute atomic E-state index is 0.137. The second kappa shape index (κ2) is 14.1. The zero-order valence-electron chi connectivity index (χ0n) is 23.6. The maximum absolute atomic E-state index is 13.3. The maximum atomic E-state index is 13.3. The number of nitrogens with zero attached hydrogens (tertiary/aromatic N) is 1. The third-order valence-corrected chi connectivity index (χ3v) is 7.17. The van der Waals surface area contributed by atoms with Crippen LogP contribution in [-0.2, 0) is 11.2 Å². The standard InChI is InChI=1S/C35H36N2O4/c1-25-17-19-26(20-18-25)30-13-8-9-14-31(30)34(40)36-29-23-21-28(22-24-29)35(41)37(2)32-15-10-7-12-27(32)11-5-3-4-6-16-33(38)39/h7-10,12-15,17-24H,3-6,11,16H2,1-2H3,(H,36,40)(H,38,39). The Morgan fingerprint density at radius 1 is 0.756 bits per heavy atom. The molecule has 0 radical (unpaired) electrons. The molecule has 4 aromatic carbocycles. The highest BCUT2D eigenvalue weighted by Gasteiger charge is 2.17. The molecule has 0 spiro atoms. The molecule has 0 heterocycles. The largest absolute Gasteiger partial charge is 0.481 e. The molecule has 2 amide bonds. The molecule has 0 unspecified atom stereocenters. The molecule has 0 aliphatic heterocycles. The Labute approximate surface area is 241 Å². The van der Waals surface area contributed by atoms with E-state index in [0.29, 0.717) is 23.2 Å². The molecule has 0 fully saturated rings. The monoisotopic (exact) mass is 548 g/mol. The molecule has 6 heteroatoms. The maximum Gasteiger partial charge on any atom is 0.303 e. The highest BCUT2D eigenvalue weighted by molar-refractivity contribution is 6.09. The van der Waals surface area contributed by atoms with E-state index >= 15 is 0 Å². The lowest BCUT2D eigenvalue weighted by molar-refractivity contribution is -0.137. The lowest BCUT2D eigenvalue weighted by Crippen LogP contribution is -2.27. The number of carboxylic acids is 1. The minimum atomic E-state index is -0.755. The van der Waals surface area contributed by atoms with Crippen LogP contribution in [0, 0.1) is 6.92 Å². The zero-order chi connectivity index (χ0) is 29.2. The van der Waals surface area contributed by atoms with Gasteiger partial charge in [0.25, 0.3) is 11.8 Å². The first-order chi connectivity index (χ1) is 19.8. The molecule has 4 aromatic rings. The van der Waals surface area contributed by atoms with Crippen LogP contribution in [-0.4, -0.2) is 29.9 Å². The Kier molecular flexibility index (Phi) is 10.1. The number of amides is 2. The Bertz CT molecular complexity index is 1490. The van der Waals surface area contributed by atoms with Crippen LogP contribution < -0.4 is 10.2 Å². The van der Waals surface area contributed by atoms with Gasteiger partial charge in [0.05, 0.1) is 0 Å². The number of hydrogen-bond donors (Lipinski definition) is 2. The summed E-state index contributed by atoms with van der Waals surface area (Å²) in [5.41, 5.74) is 6.64. The summed E-state index contributed by atoms with van der Waals surface area (Å²) < 4.78 is 0. The van der Waals surface area contributed by atoms with Gasteiger partial charge in [0.1, 0.15) is 0 Å². The highest BCUT2D eigenvalue weighted by Crippen LogP contribution is 2.26. The van der Waals surface area contributed by atoms with Crippen LogP contribution in [0.3, 0.4) is 0 Å². The molecular formula is C35H36N2O4. The summed E-state index contributed by atoms with van der Waals surface area (Å²) in [5, 5.41) is 11.8. The molecule has 2 N–H and O–H groups in total. The predicted molar refractivity (Wildman–Crippen MR) is 165 cm³/mol. The van der Waals surface area contributed by atoms with Gasteiger partial charge in [-0.15, -0.1) is 0 Å². The molecule has 0 aliphatic carbocycles. The summed E-state index contributed by atoms with van der Waals surface area (Å²) >= 11 is 0. The number of nitrogens with one attached hydrogen (secondary N) is 1. The van der Waals surface area contributed by atoms with E-state index in [2.05, 4.69) is 5.32 Å². The van der Waals surface area contributed by atoms with Crippen LogP contribution in [0.25, 0.3) is 11.1 Å². The first-order valence-corrected chi connectivity index (χ1v) is 14.0. The summed E-state index contributed by atoms with van der Waals surface area (Å²) in [7, 11) is 1.77. The number of hydrogen-bond acceptors (Lipinski definition) is 3. The molecule has 0 aromatic heterocycles. The van der Waals surface area contributed by atoms with Crippen molar-refractivity contribution in [1.82, 2.24) is 0 Å². The van der Waals surface area contributed by atoms with Gasteiger partial charge >= 0.3 is 5.97 Å². The fourth-order valence-electron chi connectivity index (χ4n) is 4.86. The van der Waals surface area contributed by atoms with Crippen molar-refractivity contribution in [2.45, 2.75) is 45.4 Å². The number of para-hydroxylation sites is 1. The number of aryl methyl sites for hydroxylation is 2. The molecule has 0 saturated heterocycles. The van der Waals surface area contributed by atoms with E-state index in [1.54, 1.807) is 36.2 Å². The van der Waals surface area contributed by atoms with Gasteiger partial charge in [-0.2, -0.15) is 0 Å². The average Bonchev–Trinajstić information content (AvgIpc) is 2.99. The molecule has 0 aliphatic rings. The number of benzene rings is 4. The van der Waals surface area contributed by atoms with Crippen LogP contribution in [0.5, 0.6) is 0 Å². The third-order valence-electron chi connectivity index (χ3n) is 7.17. The first kappa shape index (κ1) is 29.3. The second-order valence-electron chi connectivity index (χ2n) is 10.2. The van der Waals surface area contributed by atoms with Crippen molar-refractivity contribution >= 4 is 29.2 Å². The molecule has 0 bridgehead atoms. The Morgan fingerprint density at radius 2 is 1.41 bits per heavy atom. The summed E-state index contributed by atoms with van der Waals surface area (Å²) in [5.74, 6) is -1.11. The molecule has 6 nitrogen and oxygen atoms in total. The van der Waals surface area contributed by atoms with Crippen molar-refractivity contribution in [3.8, 4) is 11.1 Å². The fourth-order valence-corrected chi connectivity index (χ4v) is 4.86. The number of unbranched alkanes of at least 4 members (excludes halogenated alkanes) is 3. The van der Waals surface area contributed by atoms with E-state index in [-0.39, 0.29) is 18.2 Å². The fraction of sp³-hybridized carbons (Fsp3) is 0.229. The average molecular weight is 549 g/mol. The molecular weight excluding hydrogens is 512 g/mol.